The lowest BCUT2D eigenvalue weighted by atomic mass is 9.88. The maximum absolute atomic E-state index is 3.80. The van der Waals surface area contributed by atoms with Crippen molar-refractivity contribution in [1.82, 2.24) is 0 Å². The van der Waals surface area contributed by atoms with Gasteiger partial charge in [0.1, 0.15) is 0 Å². The second-order valence-electron chi connectivity index (χ2n) is 4.78. The van der Waals surface area contributed by atoms with Crippen LogP contribution in [0.25, 0.3) is 6.08 Å². The van der Waals surface area contributed by atoms with E-state index >= 15 is 0 Å². The molecule has 1 heteroatoms. The Morgan fingerprint density at radius 3 is 2.80 bits per heavy atom. The van der Waals surface area contributed by atoms with Crippen LogP contribution < -0.4 is 0 Å². The third kappa shape index (κ3) is 1.48. The van der Waals surface area contributed by atoms with Gasteiger partial charge in [0.2, 0.25) is 0 Å². The van der Waals surface area contributed by atoms with Crippen molar-refractivity contribution in [2.24, 2.45) is 0 Å². The van der Waals surface area contributed by atoms with Crippen LogP contribution in [0, 0.1) is 0 Å². The van der Waals surface area contributed by atoms with Crippen LogP contribution in [0.4, 0.5) is 0 Å². The molecule has 0 saturated heterocycles. The molecule has 0 amide bonds. The van der Waals surface area contributed by atoms with E-state index in [4.69, 9.17) is 0 Å². The van der Waals surface area contributed by atoms with Crippen molar-refractivity contribution >= 4 is 22.0 Å². The molecule has 3 rings (SSSR count). The smallest absolute Gasteiger partial charge is 0.0285 e. The molecule has 1 aromatic rings. The van der Waals surface area contributed by atoms with Crippen LogP contribution >= 0.6 is 15.9 Å². The lowest BCUT2D eigenvalue weighted by molar-refractivity contribution is 0.682. The first kappa shape index (κ1) is 9.65. The van der Waals surface area contributed by atoms with Gasteiger partial charge < -0.3 is 0 Å². The minimum Gasteiger partial charge on any atom is -0.0683 e. The SMILES string of the molecule is CC1=Cc2c(cc3c(c2Br)CCCC3)C1. The molecule has 0 nitrogen and oxygen atoms in total. The number of fused-ring (bicyclic) bond motifs is 2. The standard InChI is InChI=1S/C14H15Br/c1-9-6-11-8-10-4-2-3-5-12(10)14(15)13(11)7-9/h7-8H,2-6H2,1H3. The summed E-state index contributed by atoms with van der Waals surface area (Å²) in [7, 11) is 0. The first-order chi connectivity index (χ1) is 7.25. The van der Waals surface area contributed by atoms with E-state index in [9.17, 15) is 0 Å². The van der Waals surface area contributed by atoms with Crippen LogP contribution in [-0.2, 0) is 19.3 Å². The predicted molar refractivity (Wildman–Crippen MR) is 68.1 cm³/mol. The van der Waals surface area contributed by atoms with Gasteiger partial charge in [0.15, 0.2) is 0 Å². The van der Waals surface area contributed by atoms with Gasteiger partial charge in [-0.2, -0.15) is 0 Å². The van der Waals surface area contributed by atoms with Crippen molar-refractivity contribution in [1.29, 1.82) is 0 Å². The molecule has 0 radical (unpaired) electrons. The van der Waals surface area contributed by atoms with Crippen molar-refractivity contribution in [2.45, 2.75) is 39.0 Å². The molecular formula is C14H15Br. The fraction of sp³-hybridized carbons (Fsp3) is 0.429. The number of allylic oxidation sites excluding steroid dienone is 1. The summed E-state index contributed by atoms with van der Waals surface area (Å²) in [6.45, 7) is 2.23. The van der Waals surface area contributed by atoms with Crippen LogP contribution in [-0.4, -0.2) is 0 Å². The van der Waals surface area contributed by atoms with Gasteiger partial charge in [-0.15, -0.1) is 0 Å². The minimum absolute atomic E-state index is 1.15. The van der Waals surface area contributed by atoms with Crippen LogP contribution in [0.5, 0.6) is 0 Å². The summed E-state index contributed by atoms with van der Waals surface area (Å²) in [5.74, 6) is 0. The summed E-state index contributed by atoms with van der Waals surface area (Å²) in [4.78, 5) is 0. The molecule has 0 saturated carbocycles. The molecule has 2 aliphatic rings. The molecule has 0 aliphatic heterocycles. The van der Waals surface area contributed by atoms with E-state index in [1.165, 1.54) is 46.9 Å². The van der Waals surface area contributed by atoms with E-state index in [0.29, 0.717) is 0 Å². The molecular weight excluding hydrogens is 248 g/mol. The number of aryl methyl sites for hydroxylation is 1. The maximum atomic E-state index is 3.80. The first-order valence-corrected chi connectivity index (χ1v) is 6.55. The second kappa shape index (κ2) is 3.48. The quantitative estimate of drug-likeness (QED) is 0.655. The van der Waals surface area contributed by atoms with Crippen molar-refractivity contribution in [2.75, 3.05) is 0 Å². The topological polar surface area (TPSA) is 0 Å². The fourth-order valence-corrected chi connectivity index (χ4v) is 3.65. The highest BCUT2D eigenvalue weighted by Crippen LogP contribution is 2.38. The highest BCUT2D eigenvalue weighted by molar-refractivity contribution is 9.10. The number of halogens is 1. The van der Waals surface area contributed by atoms with Gasteiger partial charge in [0.05, 0.1) is 0 Å². The average Bonchev–Trinajstić information content (AvgIpc) is 2.59. The van der Waals surface area contributed by atoms with Crippen LogP contribution in [0.15, 0.2) is 16.1 Å². The summed E-state index contributed by atoms with van der Waals surface area (Å²) in [6, 6.07) is 2.45. The molecule has 0 atom stereocenters. The molecule has 2 aliphatic carbocycles. The molecule has 78 valence electrons. The highest BCUT2D eigenvalue weighted by Gasteiger charge is 2.20. The molecule has 0 heterocycles. The lowest BCUT2D eigenvalue weighted by Crippen LogP contribution is -2.05. The minimum atomic E-state index is 1.15. The zero-order valence-electron chi connectivity index (χ0n) is 9.07. The Morgan fingerprint density at radius 2 is 1.93 bits per heavy atom. The van der Waals surface area contributed by atoms with Gasteiger partial charge in [-0.3, -0.25) is 0 Å². The van der Waals surface area contributed by atoms with E-state index in [1.807, 2.05) is 0 Å². The largest absolute Gasteiger partial charge is 0.0683 e. The fourth-order valence-electron chi connectivity index (χ4n) is 2.83. The third-order valence-electron chi connectivity index (χ3n) is 3.57. The summed E-state index contributed by atoms with van der Waals surface area (Å²) >= 11 is 3.80. The summed E-state index contributed by atoms with van der Waals surface area (Å²) in [6.07, 6.45) is 8.75. The summed E-state index contributed by atoms with van der Waals surface area (Å²) in [5, 5.41) is 0. The lowest BCUT2D eigenvalue weighted by Gasteiger charge is -2.19. The Morgan fingerprint density at radius 1 is 1.13 bits per heavy atom. The highest BCUT2D eigenvalue weighted by atomic mass is 79.9. The Labute approximate surface area is 99.5 Å². The Hall–Kier alpha value is -0.560. The van der Waals surface area contributed by atoms with Gasteiger partial charge in [0.25, 0.3) is 0 Å². The molecule has 0 aromatic heterocycles. The molecule has 0 unspecified atom stereocenters. The average molecular weight is 263 g/mol. The van der Waals surface area contributed by atoms with E-state index in [2.05, 4.69) is 35.0 Å². The molecule has 0 spiro atoms. The van der Waals surface area contributed by atoms with Crippen LogP contribution in [0.3, 0.4) is 0 Å². The zero-order valence-corrected chi connectivity index (χ0v) is 10.7. The van der Waals surface area contributed by atoms with Crippen molar-refractivity contribution in [3.63, 3.8) is 0 Å². The van der Waals surface area contributed by atoms with E-state index in [0.717, 1.165) is 6.42 Å². The molecule has 0 bridgehead atoms. The van der Waals surface area contributed by atoms with Gasteiger partial charge in [-0.25, -0.2) is 0 Å². The van der Waals surface area contributed by atoms with Crippen molar-refractivity contribution in [3.05, 3.63) is 38.4 Å². The van der Waals surface area contributed by atoms with Gasteiger partial charge in [-0.1, -0.05) is 17.7 Å². The number of hydrogen-bond donors (Lipinski definition) is 0. The number of hydrogen-bond acceptors (Lipinski definition) is 0. The first-order valence-electron chi connectivity index (χ1n) is 5.76. The zero-order chi connectivity index (χ0) is 10.4. The molecule has 15 heavy (non-hydrogen) atoms. The van der Waals surface area contributed by atoms with Gasteiger partial charge in [0, 0.05) is 4.47 Å². The normalized spacial score (nSPS) is 18.4. The number of rotatable bonds is 0. The van der Waals surface area contributed by atoms with Crippen molar-refractivity contribution in [3.8, 4) is 0 Å². The van der Waals surface area contributed by atoms with Gasteiger partial charge >= 0.3 is 0 Å². The van der Waals surface area contributed by atoms with E-state index < -0.39 is 0 Å². The Balaban J connectivity index is 2.20. The monoisotopic (exact) mass is 262 g/mol. The third-order valence-corrected chi connectivity index (χ3v) is 4.47. The van der Waals surface area contributed by atoms with E-state index in [-0.39, 0.29) is 0 Å². The molecule has 0 N–H and O–H groups in total. The van der Waals surface area contributed by atoms with Crippen LogP contribution in [0.2, 0.25) is 0 Å². The van der Waals surface area contributed by atoms with E-state index in [1.54, 1.807) is 11.1 Å². The summed E-state index contributed by atoms with van der Waals surface area (Å²) in [5.41, 5.74) is 7.64. The van der Waals surface area contributed by atoms with Crippen molar-refractivity contribution < 1.29 is 0 Å². The Kier molecular flexibility index (Phi) is 2.24. The predicted octanol–water partition coefficient (Wildman–Crippen LogP) is 4.29. The molecule has 1 aromatic carbocycles. The Bertz CT molecular complexity index is 455. The second-order valence-corrected chi connectivity index (χ2v) is 5.57. The van der Waals surface area contributed by atoms with Gasteiger partial charge in [-0.05, 0) is 77.2 Å². The summed E-state index contributed by atoms with van der Waals surface area (Å²) < 4.78 is 1.38. The number of benzene rings is 1. The molecule has 0 fully saturated rings. The van der Waals surface area contributed by atoms with Crippen LogP contribution in [0.1, 0.15) is 42.0 Å². The maximum Gasteiger partial charge on any atom is 0.0285 e.